The first-order valence-corrected chi connectivity index (χ1v) is 10.1. The maximum atomic E-state index is 12.9. The molecule has 7 nitrogen and oxygen atoms in total. The monoisotopic (exact) mass is 376 g/mol. The summed E-state index contributed by atoms with van der Waals surface area (Å²) in [5.41, 5.74) is 3.27. The van der Waals surface area contributed by atoms with Crippen LogP contribution in [0.3, 0.4) is 0 Å². The molecule has 2 saturated heterocycles. The summed E-state index contributed by atoms with van der Waals surface area (Å²) < 4.78 is 1.91. The van der Waals surface area contributed by atoms with Crippen molar-refractivity contribution in [3.05, 3.63) is 41.3 Å². The molecule has 1 N–H and O–H groups in total. The van der Waals surface area contributed by atoms with Crippen molar-refractivity contribution in [1.82, 2.24) is 25.0 Å². The van der Waals surface area contributed by atoms with Gasteiger partial charge in [0.15, 0.2) is 12.0 Å². The lowest BCUT2D eigenvalue weighted by atomic mass is 9.86. The zero-order valence-corrected chi connectivity index (χ0v) is 16.0. The molecule has 144 valence electrons. The van der Waals surface area contributed by atoms with Gasteiger partial charge in [0, 0.05) is 23.3 Å². The summed E-state index contributed by atoms with van der Waals surface area (Å²) >= 11 is 0. The number of nitriles is 1. The molecule has 4 heterocycles. The van der Waals surface area contributed by atoms with Gasteiger partial charge in [0.2, 0.25) is 5.91 Å². The Hall–Kier alpha value is -2.88. The van der Waals surface area contributed by atoms with Crippen molar-refractivity contribution in [2.24, 2.45) is 5.92 Å². The zero-order chi connectivity index (χ0) is 19.3. The molecule has 2 aliphatic heterocycles. The highest BCUT2D eigenvalue weighted by Crippen LogP contribution is 2.37. The fourth-order valence-electron chi connectivity index (χ4n) is 5.19. The number of rotatable bonds is 3. The highest BCUT2D eigenvalue weighted by atomic mass is 16.2. The highest BCUT2D eigenvalue weighted by Gasteiger charge is 2.47. The van der Waals surface area contributed by atoms with Crippen LogP contribution in [0.1, 0.15) is 42.6 Å². The average Bonchev–Trinajstić information content (AvgIpc) is 3.39. The molecule has 0 saturated carbocycles. The molecule has 0 radical (unpaired) electrons. The minimum atomic E-state index is -0.0229. The molecule has 2 aromatic heterocycles. The van der Waals surface area contributed by atoms with Gasteiger partial charge in [0.05, 0.1) is 18.3 Å². The Balaban J connectivity index is 1.28. The summed E-state index contributed by atoms with van der Waals surface area (Å²) in [6, 6.07) is 6.56. The minimum absolute atomic E-state index is 0.0229. The number of hydrogen-bond donors (Lipinski definition) is 1. The smallest absolute Gasteiger partial charge is 0.223 e. The van der Waals surface area contributed by atoms with Crippen LogP contribution in [0.25, 0.3) is 5.82 Å². The normalized spacial score (nSPS) is 28.1. The Kier molecular flexibility index (Phi) is 4.08. The van der Waals surface area contributed by atoms with Crippen LogP contribution in [0, 0.1) is 24.3 Å². The van der Waals surface area contributed by atoms with Gasteiger partial charge in [-0.3, -0.25) is 4.79 Å². The summed E-state index contributed by atoms with van der Waals surface area (Å²) in [6.07, 6.45) is 9.53. The van der Waals surface area contributed by atoms with Crippen LogP contribution in [0.2, 0.25) is 0 Å². The first kappa shape index (κ1) is 17.2. The number of aromatic nitrogens is 3. The molecule has 28 heavy (non-hydrogen) atoms. The average molecular weight is 376 g/mol. The van der Waals surface area contributed by atoms with E-state index in [2.05, 4.69) is 21.6 Å². The van der Waals surface area contributed by atoms with Gasteiger partial charge in [0.1, 0.15) is 0 Å². The fraction of sp³-hybridized carbons (Fsp3) is 0.524. The van der Waals surface area contributed by atoms with Gasteiger partial charge in [0.25, 0.3) is 0 Å². The van der Waals surface area contributed by atoms with E-state index in [1.807, 2.05) is 40.9 Å². The molecule has 3 unspecified atom stereocenters. The molecule has 7 heteroatoms. The van der Waals surface area contributed by atoms with E-state index in [0.29, 0.717) is 6.04 Å². The molecule has 3 aliphatic rings. The quantitative estimate of drug-likeness (QED) is 0.827. The van der Waals surface area contributed by atoms with Crippen molar-refractivity contribution < 1.29 is 4.79 Å². The van der Waals surface area contributed by atoms with Crippen molar-refractivity contribution in [2.75, 3.05) is 0 Å². The first-order chi connectivity index (χ1) is 13.6. The molecule has 0 spiro atoms. The Bertz CT molecular complexity index is 960. The van der Waals surface area contributed by atoms with Crippen molar-refractivity contribution in [2.45, 2.75) is 63.6 Å². The van der Waals surface area contributed by atoms with E-state index in [-0.39, 0.29) is 23.9 Å². The molecule has 5 rings (SSSR count). The number of carbonyl (C=O) groups is 1. The van der Waals surface area contributed by atoms with Gasteiger partial charge in [-0.05, 0) is 63.1 Å². The van der Waals surface area contributed by atoms with Crippen LogP contribution in [-0.4, -0.2) is 43.7 Å². The second kappa shape index (κ2) is 6.62. The van der Waals surface area contributed by atoms with Crippen LogP contribution >= 0.6 is 0 Å². The minimum Gasteiger partial charge on any atom is -0.351 e. The Morgan fingerprint density at radius 3 is 3.00 bits per heavy atom. The Morgan fingerprint density at radius 1 is 1.32 bits per heavy atom. The van der Waals surface area contributed by atoms with Crippen LogP contribution in [-0.2, 0) is 17.6 Å². The molecule has 1 amide bonds. The van der Waals surface area contributed by atoms with Gasteiger partial charge in [-0.25, -0.2) is 9.67 Å². The number of aryl methyl sites for hydroxylation is 1. The topological polar surface area (TPSA) is 86.8 Å². The molecule has 2 fully saturated rings. The van der Waals surface area contributed by atoms with E-state index < -0.39 is 0 Å². The third-order valence-electron chi connectivity index (χ3n) is 6.59. The van der Waals surface area contributed by atoms with Crippen LogP contribution in [0.15, 0.2) is 24.4 Å². The zero-order valence-electron chi connectivity index (χ0n) is 16.0. The van der Waals surface area contributed by atoms with Gasteiger partial charge in [-0.2, -0.15) is 10.4 Å². The number of pyridine rings is 1. The van der Waals surface area contributed by atoms with Crippen LogP contribution < -0.4 is 5.32 Å². The number of nitrogens with one attached hydrogen (secondary N) is 1. The molecule has 2 bridgehead atoms. The summed E-state index contributed by atoms with van der Waals surface area (Å²) in [4.78, 5) is 19.4. The third kappa shape index (κ3) is 2.75. The maximum absolute atomic E-state index is 12.9. The van der Waals surface area contributed by atoms with Crippen LogP contribution in [0.4, 0.5) is 0 Å². The summed E-state index contributed by atoms with van der Waals surface area (Å²) in [6.45, 7) is 1.98. The van der Waals surface area contributed by atoms with Crippen molar-refractivity contribution in [3.63, 3.8) is 0 Å². The van der Waals surface area contributed by atoms with Crippen LogP contribution in [0.5, 0.6) is 0 Å². The van der Waals surface area contributed by atoms with E-state index >= 15 is 0 Å². The predicted octanol–water partition coefficient (Wildman–Crippen LogP) is 1.88. The lowest BCUT2D eigenvalue weighted by Crippen LogP contribution is -2.46. The summed E-state index contributed by atoms with van der Waals surface area (Å²) in [5, 5.41) is 17.1. The molecular weight excluding hydrogens is 352 g/mol. The lowest BCUT2D eigenvalue weighted by Gasteiger charge is -2.27. The molecule has 2 aromatic rings. The number of amides is 1. The molecule has 4 atom stereocenters. The van der Waals surface area contributed by atoms with Gasteiger partial charge >= 0.3 is 0 Å². The number of nitrogens with zero attached hydrogens (tertiary/aromatic N) is 5. The molecule has 0 aromatic carbocycles. The maximum Gasteiger partial charge on any atom is 0.223 e. The second-order valence-electron chi connectivity index (χ2n) is 8.26. The van der Waals surface area contributed by atoms with Crippen molar-refractivity contribution in [1.29, 1.82) is 5.26 Å². The first-order valence-electron chi connectivity index (χ1n) is 10.1. The second-order valence-corrected chi connectivity index (χ2v) is 8.26. The van der Waals surface area contributed by atoms with Gasteiger partial charge in [-0.15, -0.1) is 0 Å². The van der Waals surface area contributed by atoms with Crippen molar-refractivity contribution >= 4 is 5.91 Å². The number of hydrogen-bond acceptors (Lipinski definition) is 5. The largest absolute Gasteiger partial charge is 0.351 e. The van der Waals surface area contributed by atoms with Gasteiger partial charge < -0.3 is 10.2 Å². The third-order valence-corrected chi connectivity index (χ3v) is 6.59. The standard InChI is InChI=1S/C21H24N6O/c1-13-3-2-4-20(24-13)27-18-7-5-14(9-15(18)11-23-27)21(28)25-17-10-16-6-8-19(17)26(16)12-22/h2-4,11,14,16-17,19H,5-10H2,1H3,(H,25,28)/t14-,16?,17?,19?/m0/s1. The molecular formula is C21H24N6O. The van der Waals surface area contributed by atoms with Crippen molar-refractivity contribution in [3.8, 4) is 12.0 Å². The lowest BCUT2D eigenvalue weighted by molar-refractivity contribution is -0.126. The number of fused-ring (bicyclic) bond motifs is 3. The SMILES string of the molecule is Cc1cccc(-n2ncc3c2CC[C@H](C(=O)NC2CC4CCC2N4C#N)C3)n1. The Labute approximate surface area is 164 Å². The predicted molar refractivity (Wildman–Crippen MR) is 102 cm³/mol. The van der Waals surface area contributed by atoms with E-state index in [9.17, 15) is 10.1 Å². The highest BCUT2D eigenvalue weighted by molar-refractivity contribution is 5.79. The summed E-state index contributed by atoms with van der Waals surface area (Å²) in [5.74, 6) is 0.940. The Morgan fingerprint density at radius 2 is 2.21 bits per heavy atom. The van der Waals surface area contributed by atoms with Gasteiger partial charge in [-0.1, -0.05) is 6.07 Å². The van der Waals surface area contributed by atoms with E-state index in [0.717, 1.165) is 61.3 Å². The van der Waals surface area contributed by atoms with E-state index in [1.165, 1.54) is 0 Å². The van der Waals surface area contributed by atoms with E-state index in [1.54, 1.807) is 0 Å². The fourth-order valence-corrected chi connectivity index (χ4v) is 5.19. The summed E-state index contributed by atoms with van der Waals surface area (Å²) in [7, 11) is 0. The number of carbonyl (C=O) groups excluding carboxylic acids is 1. The molecule has 1 aliphatic carbocycles. The van der Waals surface area contributed by atoms with E-state index in [4.69, 9.17) is 0 Å².